The van der Waals surface area contributed by atoms with Crippen LogP contribution in [-0.2, 0) is 18.3 Å². The Labute approximate surface area is 241 Å². The molecule has 0 fully saturated rings. The maximum absolute atomic E-state index is 15.4. The average Bonchev–Trinajstić information content (AvgIpc) is 3.22. The van der Waals surface area contributed by atoms with E-state index >= 15 is 4.39 Å². The molecule has 1 aliphatic carbocycles. The van der Waals surface area contributed by atoms with Gasteiger partial charge >= 0.3 is 6.03 Å². The second kappa shape index (κ2) is 11.2. The van der Waals surface area contributed by atoms with Crippen LogP contribution in [0.4, 0.5) is 20.7 Å². The Morgan fingerprint density at radius 3 is 2.62 bits per heavy atom. The zero-order chi connectivity index (χ0) is 27.7. The molecule has 0 saturated heterocycles. The minimum absolute atomic E-state index is 0.00480. The summed E-state index contributed by atoms with van der Waals surface area (Å²) >= 11 is 13.2. The molecule has 0 radical (unpaired) electrons. The van der Waals surface area contributed by atoms with Crippen LogP contribution in [0.15, 0.2) is 60.0 Å². The number of para-hydroxylation sites is 1. The van der Waals surface area contributed by atoms with E-state index in [1.807, 2.05) is 36.4 Å². The number of benzene rings is 3. The summed E-state index contributed by atoms with van der Waals surface area (Å²) in [6.07, 6.45) is 2.93. The van der Waals surface area contributed by atoms with Crippen molar-refractivity contribution in [3.63, 3.8) is 0 Å². The highest BCUT2D eigenvalue weighted by Gasteiger charge is 2.36. The summed E-state index contributed by atoms with van der Waals surface area (Å²) in [5.74, 6) is 0.181. The van der Waals surface area contributed by atoms with E-state index in [0.717, 1.165) is 41.5 Å². The highest BCUT2D eigenvalue weighted by atomic mass is 35.5. The van der Waals surface area contributed by atoms with Crippen LogP contribution in [0, 0.1) is 11.7 Å². The van der Waals surface area contributed by atoms with E-state index in [-0.39, 0.29) is 11.7 Å². The van der Waals surface area contributed by atoms with Crippen molar-refractivity contribution >= 4 is 52.1 Å². The quantitative estimate of drug-likeness (QED) is 0.205. The molecule has 3 aromatic carbocycles. The number of aromatic nitrogens is 1. The highest BCUT2D eigenvalue weighted by Crippen LogP contribution is 2.48. The second-order valence-electron chi connectivity index (χ2n) is 10.5. The van der Waals surface area contributed by atoms with Crippen LogP contribution in [0.3, 0.4) is 0 Å². The van der Waals surface area contributed by atoms with Crippen molar-refractivity contribution < 1.29 is 14.3 Å². The molecule has 202 valence electrons. The topological polar surface area (TPSA) is 74.2 Å². The number of amides is 2. The normalized spacial score (nSPS) is 16.3. The lowest BCUT2D eigenvalue weighted by Gasteiger charge is -2.31. The molecule has 1 unspecified atom stereocenters. The van der Waals surface area contributed by atoms with Crippen molar-refractivity contribution in [3.8, 4) is 16.9 Å². The maximum atomic E-state index is 15.4. The standard InChI is InChI=1S/C30H28Cl2FN3O2S/c1-30(2)15-17(13-19-5-3-4-6-23(19)34-29(38)36-25-16-39-28(32)35-25)7-12-21-24(37)14-22(33)26(27(21)30)18-8-10-20(31)11-9-18/h3-6,8-11,14,16-17,37H,7,12-13,15H2,1-2H3,(H2,34,36,38). The maximum Gasteiger partial charge on any atom is 0.324 e. The second-order valence-corrected chi connectivity index (χ2v) is 12.4. The number of phenols is 1. The van der Waals surface area contributed by atoms with Crippen molar-refractivity contribution in [2.24, 2.45) is 5.92 Å². The van der Waals surface area contributed by atoms with Crippen LogP contribution in [0.2, 0.25) is 9.49 Å². The number of hydrogen-bond acceptors (Lipinski definition) is 4. The number of rotatable bonds is 5. The van der Waals surface area contributed by atoms with Crippen molar-refractivity contribution in [1.82, 2.24) is 4.98 Å². The van der Waals surface area contributed by atoms with Crippen molar-refractivity contribution in [1.29, 1.82) is 0 Å². The third-order valence-electron chi connectivity index (χ3n) is 7.27. The first-order valence-corrected chi connectivity index (χ1v) is 14.3. The Balaban J connectivity index is 1.41. The number of nitrogens with one attached hydrogen (secondary N) is 2. The van der Waals surface area contributed by atoms with E-state index in [2.05, 4.69) is 29.5 Å². The molecule has 9 heteroatoms. The monoisotopic (exact) mass is 583 g/mol. The predicted octanol–water partition coefficient (Wildman–Crippen LogP) is 9.08. The number of carbonyl (C=O) groups excluding carboxylic acids is 1. The van der Waals surface area contributed by atoms with Gasteiger partial charge in [0.05, 0.1) is 0 Å². The SMILES string of the molecule is CC1(C)CC(Cc2ccccc2NC(=O)Nc2csc(Cl)n2)CCc2c(O)cc(F)c(-c3ccc(Cl)cc3)c21. The first-order valence-electron chi connectivity index (χ1n) is 12.7. The molecule has 5 rings (SSSR count). The molecule has 39 heavy (non-hydrogen) atoms. The number of halogens is 3. The van der Waals surface area contributed by atoms with Gasteiger partial charge in [-0.2, -0.15) is 0 Å². The third-order valence-corrected chi connectivity index (χ3v) is 8.50. The van der Waals surface area contributed by atoms with E-state index in [4.69, 9.17) is 23.2 Å². The average molecular weight is 585 g/mol. The van der Waals surface area contributed by atoms with E-state index in [9.17, 15) is 9.90 Å². The summed E-state index contributed by atoms with van der Waals surface area (Å²) in [5.41, 5.74) is 4.19. The van der Waals surface area contributed by atoms with Crippen LogP contribution in [-0.4, -0.2) is 16.1 Å². The van der Waals surface area contributed by atoms with Crippen LogP contribution >= 0.6 is 34.5 Å². The van der Waals surface area contributed by atoms with E-state index in [0.29, 0.717) is 33.0 Å². The zero-order valence-electron chi connectivity index (χ0n) is 21.5. The molecule has 4 aromatic rings. The van der Waals surface area contributed by atoms with Crippen LogP contribution in [0.25, 0.3) is 11.1 Å². The summed E-state index contributed by atoms with van der Waals surface area (Å²) in [7, 11) is 0. The van der Waals surface area contributed by atoms with Crippen LogP contribution in [0.5, 0.6) is 5.75 Å². The van der Waals surface area contributed by atoms with Gasteiger partial charge in [-0.25, -0.2) is 14.2 Å². The van der Waals surface area contributed by atoms with Gasteiger partial charge in [0.1, 0.15) is 17.4 Å². The Morgan fingerprint density at radius 2 is 1.90 bits per heavy atom. The molecular weight excluding hydrogens is 556 g/mol. The van der Waals surface area contributed by atoms with Gasteiger partial charge in [-0.3, -0.25) is 5.32 Å². The van der Waals surface area contributed by atoms with Crippen molar-refractivity contribution in [2.75, 3.05) is 10.6 Å². The largest absolute Gasteiger partial charge is 0.508 e. The van der Waals surface area contributed by atoms with Gasteiger partial charge in [-0.15, -0.1) is 11.3 Å². The molecule has 5 nitrogen and oxygen atoms in total. The van der Waals surface area contributed by atoms with E-state index in [1.165, 1.54) is 17.4 Å². The summed E-state index contributed by atoms with van der Waals surface area (Å²) in [5, 5.41) is 18.7. The number of hydrogen-bond donors (Lipinski definition) is 3. The van der Waals surface area contributed by atoms with Gasteiger partial charge in [0.2, 0.25) is 0 Å². The molecule has 1 heterocycles. The van der Waals surface area contributed by atoms with Gasteiger partial charge in [0.25, 0.3) is 0 Å². The summed E-state index contributed by atoms with van der Waals surface area (Å²) < 4.78 is 15.8. The van der Waals surface area contributed by atoms with E-state index < -0.39 is 17.3 Å². The van der Waals surface area contributed by atoms with Crippen molar-refractivity contribution in [2.45, 2.75) is 44.9 Å². The fraction of sp³-hybridized carbons (Fsp3) is 0.267. The Bertz CT molecular complexity index is 1520. The van der Waals surface area contributed by atoms with Crippen LogP contribution < -0.4 is 10.6 Å². The molecule has 1 aromatic heterocycles. The Hall–Kier alpha value is -3.13. The lowest BCUT2D eigenvalue weighted by Crippen LogP contribution is -2.24. The van der Waals surface area contributed by atoms with Gasteiger partial charge in [-0.05, 0) is 77.5 Å². The molecule has 1 aliphatic rings. The number of urea groups is 1. The Morgan fingerprint density at radius 1 is 1.15 bits per heavy atom. The van der Waals surface area contributed by atoms with Gasteiger partial charge in [0, 0.05) is 27.7 Å². The smallest absolute Gasteiger partial charge is 0.324 e. The summed E-state index contributed by atoms with van der Waals surface area (Å²) in [6.45, 7) is 4.22. The molecule has 1 atom stereocenters. The predicted molar refractivity (Wildman–Crippen MR) is 158 cm³/mol. The minimum Gasteiger partial charge on any atom is -0.508 e. The Kier molecular flexibility index (Phi) is 7.85. The number of carbonyl (C=O) groups is 1. The van der Waals surface area contributed by atoms with Gasteiger partial charge < -0.3 is 10.4 Å². The number of phenolic OH excluding ortho intramolecular Hbond substituents is 1. The molecule has 2 amide bonds. The molecular formula is C30H28Cl2FN3O2S. The number of thiazole rings is 1. The number of aromatic hydroxyl groups is 1. The van der Waals surface area contributed by atoms with Crippen LogP contribution in [0.1, 0.15) is 43.4 Å². The molecule has 0 saturated carbocycles. The molecule has 0 bridgehead atoms. The molecule has 0 spiro atoms. The van der Waals surface area contributed by atoms with E-state index in [1.54, 1.807) is 17.5 Å². The first kappa shape index (κ1) is 27.4. The number of nitrogens with zero attached hydrogens (tertiary/aromatic N) is 1. The van der Waals surface area contributed by atoms with Gasteiger partial charge in [0.15, 0.2) is 4.47 Å². The fourth-order valence-corrected chi connectivity index (χ4v) is 6.56. The fourth-order valence-electron chi connectivity index (χ4n) is 5.74. The molecule has 3 N–H and O–H groups in total. The highest BCUT2D eigenvalue weighted by molar-refractivity contribution is 7.14. The third kappa shape index (κ3) is 6.06. The first-order chi connectivity index (χ1) is 18.6. The lowest BCUT2D eigenvalue weighted by molar-refractivity contribution is 0.262. The van der Waals surface area contributed by atoms with Gasteiger partial charge in [-0.1, -0.05) is 67.4 Å². The minimum atomic E-state index is -0.443. The molecule has 0 aliphatic heterocycles. The number of fused-ring (bicyclic) bond motifs is 1. The summed E-state index contributed by atoms with van der Waals surface area (Å²) in [6, 6.07) is 15.7. The number of anilines is 2. The lowest BCUT2D eigenvalue weighted by atomic mass is 9.73. The van der Waals surface area contributed by atoms with Crippen molar-refractivity contribution in [3.05, 3.63) is 92.0 Å². The summed E-state index contributed by atoms with van der Waals surface area (Å²) in [4.78, 5) is 16.7. The zero-order valence-corrected chi connectivity index (χ0v) is 23.9.